The van der Waals surface area contributed by atoms with E-state index in [9.17, 15) is 9.59 Å². The molecule has 0 bridgehead atoms. The van der Waals surface area contributed by atoms with Crippen LogP contribution < -0.4 is 4.90 Å². The van der Waals surface area contributed by atoms with E-state index < -0.39 is 0 Å². The topological polar surface area (TPSA) is 58.4 Å². The van der Waals surface area contributed by atoms with Crippen molar-refractivity contribution in [2.24, 2.45) is 13.0 Å². The zero-order valence-corrected chi connectivity index (χ0v) is 12.0. The highest BCUT2D eigenvalue weighted by Gasteiger charge is 2.45. The SMILES string of the molecule is Cc1cc(N2C(=O)[C@@H](CC(C)C)N(C)C2=O)n(C)n1. The monoisotopic (exact) mass is 264 g/mol. The van der Waals surface area contributed by atoms with Crippen molar-refractivity contribution in [2.45, 2.75) is 33.2 Å². The molecule has 0 N–H and O–H groups in total. The lowest BCUT2D eigenvalue weighted by Gasteiger charge is -2.17. The number of hydrogen-bond acceptors (Lipinski definition) is 3. The third kappa shape index (κ3) is 2.22. The highest BCUT2D eigenvalue weighted by Crippen LogP contribution is 2.27. The third-order valence-corrected chi connectivity index (χ3v) is 3.37. The Hall–Kier alpha value is -1.85. The van der Waals surface area contributed by atoms with Gasteiger partial charge in [-0.2, -0.15) is 5.10 Å². The Bertz CT molecular complexity index is 521. The number of aromatic nitrogens is 2. The van der Waals surface area contributed by atoms with Crippen molar-refractivity contribution < 1.29 is 9.59 Å². The zero-order valence-electron chi connectivity index (χ0n) is 12.0. The Morgan fingerprint density at radius 1 is 1.32 bits per heavy atom. The molecule has 1 saturated heterocycles. The van der Waals surface area contributed by atoms with Crippen LogP contribution in [0, 0.1) is 12.8 Å². The van der Waals surface area contributed by atoms with Gasteiger partial charge in [-0.15, -0.1) is 0 Å². The molecule has 1 fully saturated rings. The van der Waals surface area contributed by atoms with Crippen LogP contribution in [-0.2, 0) is 11.8 Å². The van der Waals surface area contributed by atoms with Crippen LogP contribution in [0.1, 0.15) is 26.0 Å². The van der Waals surface area contributed by atoms with Gasteiger partial charge in [0.05, 0.1) is 5.69 Å². The van der Waals surface area contributed by atoms with Crippen LogP contribution in [0.4, 0.5) is 10.6 Å². The highest BCUT2D eigenvalue weighted by atomic mass is 16.2. The second-order valence-corrected chi connectivity index (χ2v) is 5.48. The van der Waals surface area contributed by atoms with Gasteiger partial charge in [0.25, 0.3) is 5.91 Å². The number of carbonyl (C=O) groups is 2. The van der Waals surface area contributed by atoms with Gasteiger partial charge < -0.3 is 4.90 Å². The molecule has 1 aliphatic rings. The lowest BCUT2D eigenvalue weighted by Crippen LogP contribution is -2.33. The number of anilines is 1. The van der Waals surface area contributed by atoms with Crippen molar-refractivity contribution in [3.05, 3.63) is 11.8 Å². The minimum atomic E-state index is -0.372. The fraction of sp³-hybridized carbons (Fsp3) is 0.615. The van der Waals surface area contributed by atoms with Crippen molar-refractivity contribution >= 4 is 17.8 Å². The Labute approximate surface area is 113 Å². The van der Waals surface area contributed by atoms with Gasteiger partial charge in [0.2, 0.25) is 0 Å². The van der Waals surface area contributed by atoms with E-state index in [1.165, 1.54) is 9.80 Å². The summed E-state index contributed by atoms with van der Waals surface area (Å²) in [4.78, 5) is 27.5. The summed E-state index contributed by atoms with van der Waals surface area (Å²) in [6.07, 6.45) is 0.675. The van der Waals surface area contributed by atoms with Gasteiger partial charge in [0.15, 0.2) is 0 Å². The Kier molecular flexibility index (Phi) is 3.34. The Balaban J connectivity index is 2.35. The van der Waals surface area contributed by atoms with Crippen molar-refractivity contribution in [3.8, 4) is 0 Å². The first-order valence-corrected chi connectivity index (χ1v) is 6.44. The summed E-state index contributed by atoms with van der Waals surface area (Å²) in [7, 11) is 3.41. The fourth-order valence-electron chi connectivity index (χ4n) is 2.42. The molecule has 104 valence electrons. The summed E-state index contributed by atoms with van der Waals surface area (Å²) in [5, 5.41) is 4.19. The molecular formula is C13H20N4O2. The molecule has 2 rings (SSSR count). The predicted molar refractivity (Wildman–Crippen MR) is 71.8 cm³/mol. The van der Waals surface area contributed by atoms with Crippen LogP contribution in [0.3, 0.4) is 0 Å². The summed E-state index contributed by atoms with van der Waals surface area (Å²) in [5.74, 6) is 0.729. The second kappa shape index (κ2) is 4.68. The van der Waals surface area contributed by atoms with E-state index in [1.807, 2.05) is 20.8 Å². The van der Waals surface area contributed by atoms with Crippen LogP contribution in [0.5, 0.6) is 0 Å². The number of imide groups is 1. The largest absolute Gasteiger partial charge is 0.333 e. The van der Waals surface area contributed by atoms with Gasteiger partial charge >= 0.3 is 6.03 Å². The normalized spacial score (nSPS) is 20.0. The van der Waals surface area contributed by atoms with E-state index in [-0.39, 0.29) is 18.0 Å². The van der Waals surface area contributed by atoms with E-state index in [0.29, 0.717) is 18.2 Å². The summed E-state index contributed by atoms with van der Waals surface area (Å²) in [5.41, 5.74) is 0.785. The maximum atomic E-state index is 12.4. The molecule has 1 aliphatic heterocycles. The van der Waals surface area contributed by atoms with E-state index in [2.05, 4.69) is 5.10 Å². The molecule has 0 spiro atoms. The molecule has 0 saturated carbocycles. The zero-order chi connectivity index (χ0) is 14.3. The molecule has 0 radical (unpaired) electrons. The Morgan fingerprint density at radius 2 is 1.95 bits per heavy atom. The number of likely N-dealkylation sites (N-methyl/N-ethyl adjacent to an activating group) is 1. The maximum absolute atomic E-state index is 12.4. The first-order chi connectivity index (χ1) is 8.82. The fourth-order valence-corrected chi connectivity index (χ4v) is 2.42. The van der Waals surface area contributed by atoms with Crippen LogP contribution >= 0.6 is 0 Å². The summed E-state index contributed by atoms with van der Waals surface area (Å²) < 4.78 is 1.57. The molecule has 3 amide bonds. The number of urea groups is 1. The molecule has 6 heteroatoms. The highest BCUT2D eigenvalue weighted by molar-refractivity contribution is 6.20. The summed E-state index contributed by atoms with van der Waals surface area (Å²) in [6.45, 7) is 5.93. The quantitative estimate of drug-likeness (QED) is 0.778. The van der Waals surface area contributed by atoms with Crippen molar-refractivity contribution in [2.75, 3.05) is 11.9 Å². The molecular weight excluding hydrogens is 244 g/mol. The first kappa shape index (κ1) is 13.6. The average Bonchev–Trinajstić information content (AvgIpc) is 2.72. The van der Waals surface area contributed by atoms with Crippen molar-refractivity contribution in [1.82, 2.24) is 14.7 Å². The third-order valence-electron chi connectivity index (χ3n) is 3.37. The molecule has 1 aromatic heterocycles. The van der Waals surface area contributed by atoms with Crippen LogP contribution in [0.15, 0.2) is 6.07 Å². The molecule has 0 unspecified atom stereocenters. The maximum Gasteiger partial charge on any atom is 0.333 e. The summed E-state index contributed by atoms with van der Waals surface area (Å²) >= 11 is 0. The van der Waals surface area contributed by atoms with Gasteiger partial charge in [0, 0.05) is 20.2 Å². The van der Waals surface area contributed by atoms with Crippen LogP contribution in [0.2, 0.25) is 0 Å². The smallest absolute Gasteiger partial charge is 0.315 e. The number of carbonyl (C=O) groups excluding carboxylic acids is 2. The molecule has 1 atom stereocenters. The van der Waals surface area contributed by atoms with E-state index in [0.717, 1.165) is 5.69 Å². The van der Waals surface area contributed by atoms with Gasteiger partial charge in [-0.1, -0.05) is 13.8 Å². The van der Waals surface area contributed by atoms with Gasteiger partial charge in [0.1, 0.15) is 11.9 Å². The molecule has 19 heavy (non-hydrogen) atoms. The van der Waals surface area contributed by atoms with E-state index in [1.54, 1.807) is 24.8 Å². The lowest BCUT2D eigenvalue weighted by molar-refractivity contribution is -0.120. The number of rotatable bonds is 3. The summed E-state index contributed by atoms with van der Waals surface area (Å²) in [6, 6.07) is 1.10. The van der Waals surface area contributed by atoms with Crippen LogP contribution in [0.25, 0.3) is 0 Å². The number of amides is 3. The van der Waals surface area contributed by atoms with E-state index in [4.69, 9.17) is 0 Å². The average molecular weight is 264 g/mol. The predicted octanol–water partition coefficient (Wildman–Crippen LogP) is 1.54. The van der Waals surface area contributed by atoms with Gasteiger partial charge in [-0.3, -0.25) is 9.48 Å². The minimum Gasteiger partial charge on any atom is -0.315 e. The standard InChI is InChI=1S/C13H20N4O2/c1-8(2)6-10-12(18)17(13(19)15(10)4)11-7-9(3)14-16(11)5/h7-8,10H,6H2,1-5H3/t10-/m1/s1. The molecule has 2 heterocycles. The lowest BCUT2D eigenvalue weighted by atomic mass is 10.0. The molecule has 0 aliphatic carbocycles. The number of nitrogens with zero attached hydrogens (tertiary/aromatic N) is 4. The Morgan fingerprint density at radius 3 is 2.42 bits per heavy atom. The molecule has 1 aromatic rings. The second-order valence-electron chi connectivity index (χ2n) is 5.48. The van der Waals surface area contributed by atoms with E-state index >= 15 is 0 Å². The first-order valence-electron chi connectivity index (χ1n) is 6.44. The van der Waals surface area contributed by atoms with Crippen molar-refractivity contribution in [1.29, 1.82) is 0 Å². The molecule has 0 aromatic carbocycles. The van der Waals surface area contributed by atoms with Gasteiger partial charge in [-0.25, -0.2) is 9.69 Å². The van der Waals surface area contributed by atoms with Crippen LogP contribution in [-0.4, -0.2) is 39.7 Å². The van der Waals surface area contributed by atoms with Gasteiger partial charge in [-0.05, 0) is 19.3 Å². The molecule has 6 nitrogen and oxygen atoms in total. The minimum absolute atomic E-state index is 0.163. The number of aryl methyl sites for hydroxylation is 2. The van der Waals surface area contributed by atoms with Crippen molar-refractivity contribution in [3.63, 3.8) is 0 Å². The number of hydrogen-bond donors (Lipinski definition) is 0.